The van der Waals surface area contributed by atoms with E-state index in [1.54, 1.807) is 0 Å². The lowest BCUT2D eigenvalue weighted by Gasteiger charge is -2.18. The number of ether oxygens (including phenoxy) is 1. The van der Waals surface area contributed by atoms with Gasteiger partial charge in [-0.25, -0.2) is 0 Å². The van der Waals surface area contributed by atoms with E-state index in [-0.39, 0.29) is 12.1 Å². The van der Waals surface area contributed by atoms with Crippen LogP contribution in [-0.2, 0) is 14.1 Å². The normalized spacial score (nSPS) is 12.9. The van der Waals surface area contributed by atoms with Gasteiger partial charge in [0.2, 0.25) is 0 Å². The van der Waals surface area contributed by atoms with Crippen LogP contribution in [0.25, 0.3) is 0 Å². The first kappa shape index (κ1) is 19.2. The summed E-state index contributed by atoms with van der Waals surface area (Å²) < 4.78 is 19.1. The van der Waals surface area contributed by atoms with Crippen LogP contribution < -0.4 is 10.6 Å². The molecule has 2 aromatic carbocycles. The lowest BCUT2D eigenvalue weighted by Crippen LogP contribution is -2.18. The molecule has 0 saturated heterocycles. The van der Waals surface area contributed by atoms with E-state index in [0.717, 1.165) is 23.5 Å². The molecular formula is C21H25O3P. The lowest BCUT2D eigenvalue weighted by molar-refractivity contribution is -0.144. The Kier molecular flexibility index (Phi) is 7.21. The molecule has 1 atom stereocenters. The summed E-state index contributed by atoms with van der Waals surface area (Å²) in [6.45, 7) is 3.46. The van der Waals surface area contributed by atoms with Gasteiger partial charge in [0.15, 0.2) is 0 Å². The van der Waals surface area contributed by atoms with Crippen molar-refractivity contribution in [2.45, 2.75) is 32.8 Å². The van der Waals surface area contributed by atoms with Crippen molar-refractivity contribution in [1.29, 1.82) is 0 Å². The maximum atomic E-state index is 13.8. The molecule has 0 amide bonds. The first-order chi connectivity index (χ1) is 12.1. The highest BCUT2D eigenvalue weighted by Gasteiger charge is 2.25. The average Bonchev–Trinajstić information content (AvgIpc) is 2.62. The van der Waals surface area contributed by atoms with E-state index in [9.17, 15) is 9.36 Å². The van der Waals surface area contributed by atoms with Gasteiger partial charge in [-0.15, -0.1) is 0 Å². The molecule has 0 N–H and O–H groups in total. The molecule has 0 heterocycles. The van der Waals surface area contributed by atoms with E-state index in [4.69, 9.17) is 4.74 Å². The summed E-state index contributed by atoms with van der Waals surface area (Å²) in [6.07, 6.45) is 5.58. The van der Waals surface area contributed by atoms with Crippen LogP contribution in [0.3, 0.4) is 0 Å². The highest BCUT2D eigenvalue weighted by molar-refractivity contribution is 7.78. The third-order valence-corrected chi connectivity index (χ3v) is 6.94. The fourth-order valence-corrected chi connectivity index (χ4v) is 5.20. The number of rotatable bonds is 8. The van der Waals surface area contributed by atoms with Crippen LogP contribution in [0.2, 0.25) is 0 Å². The van der Waals surface area contributed by atoms with Gasteiger partial charge in [-0.05, 0) is 12.5 Å². The molecule has 0 fully saturated rings. The fraction of sp³-hybridized carbons (Fsp3) is 0.286. The zero-order chi connectivity index (χ0) is 18.1. The van der Waals surface area contributed by atoms with Crippen molar-refractivity contribution < 1.29 is 14.1 Å². The Balaban J connectivity index is 2.27. The largest absolute Gasteiger partial charge is 0.458 e. The van der Waals surface area contributed by atoms with Crippen LogP contribution in [0, 0.1) is 0 Å². The molecule has 0 bridgehead atoms. The minimum Gasteiger partial charge on any atom is -0.458 e. The topological polar surface area (TPSA) is 43.4 Å². The molecule has 25 heavy (non-hydrogen) atoms. The third kappa shape index (κ3) is 5.44. The Morgan fingerprint density at radius 2 is 1.56 bits per heavy atom. The minimum absolute atomic E-state index is 0.262. The zero-order valence-electron chi connectivity index (χ0n) is 14.8. The molecule has 4 heteroatoms. The SMILES string of the molecule is CCCC(/C=C/CP(=O)(c1ccccc1)c1ccccc1)OC(C)=O. The smallest absolute Gasteiger partial charge is 0.303 e. The van der Waals surface area contributed by atoms with Crippen molar-refractivity contribution in [2.75, 3.05) is 6.16 Å². The summed E-state index contributed by atoms with van der Waals surface area (Å²) in [5, 5.41) is 1.68. The van der Waals surface area contributed by atoms with Gasteiger partial charge in [0.05, 0.1) is 0 Å². The molecule has 0 saturated carbocycles. The fourth-order valence-electron chi connectivity index (χ4n) is 2.75. The second-order valence-electron chi connectivity index (χ2n) is 5.96. The third-order valence-electron chi connectivity index (χ3n) is 3.95. The molecule has 0 spiro atoms. The van der Waals surface area contributed by atoms with Crippen molar-refractivity contribution in [3.05, 3.63) is 72.8 Å². The molecule has 2 aromatic rings. The summed E-state index contributed by atoms with van der Waals surface area (Å²) in [5.74, 6) is -0.294. The number of carbonyl (C=O) groups excluding carboxylic acids is 1. The number of hydrogen-bond acceptors (Lipinski definition) is 3. The molecule has 3 nitrogen and oxygen atoms in total. The van der Waals surface area contributed by atoms with E-state index in [2.05, 4.69) is 0 Å². The molecule has 0 aliphatic heterocycles. The van der Waals surface area contributed by atoms with Crippen molar-refractivity contribution in [3.8, 4) is 0 Å². The highest BCUT2D eigenvalue weighted by Crippen LogP contribution is 2.43. The monoisotopic (exact) mass is 356 g/mol. The minimum atomic E-state index is -2.76. The van der Waals surface area contributed by atoms with Gasteiger partial charge in [-0.2, -0.15) is 0 Å². The van der Waals surface area contributed by atoms with Gasteiger partial charge in [-0.1, -0.05) is 80.1 Å². The molecule has 0 radical (unpaired) electrons. The van der Waals surface area contributed by atoms with Crippen LogP contribution in [-0.4, -0.2) is 18.2 Å². The number of benzene rings is 2. The van der Waals surface area contributed by atoms with Crippen LogP contribution in [0.1, 0.15) is 26.7 Å². The second-order valence-corrected chi connectivity index (χ2v) is 8.84. The van der Waals surface area contributed by atoms with Crippen molar-refractivity contribution >= 4 is 23.7 Å². The summed E-state index contributed by atoms with van der Waals surface area (Å²) in [5.41, 5.74) is 0. The molecule has 1 unspecified atom stereocenters. The molecule has 132 valence electrons. The lowest BCUT2D eigenvalue weighted by atomic mass is 10.2. The van der Waals surface area contributed by atoms with E-state index in [1.165, 1.54) is 6.92 Å². The number of allylic oxidation sites excluding steroid dienone is 1. The standard InChI is InChI=1S/C21H25O3P/c1-3-11-19(24-18(2)22)12-10-17-25(23,20-13-6-4-7-14-20)21-15-8-5-9-16-21/h4-10,12-16,19H,3,11,17H2,1-2H3/b12-10+. The van der Waals surface area contributed by atoms with Crippen molar-refractivity contribution in [2.24, 2.45) is 0 Å². The van der Waals surface area contributed by atoms with E-state index in [0.29, 0.717) is 6.16 Å². The predicted octanol–water partition coefficient (Wildman–Crippen LogP) is 4.29. The van der Waals surface area contributed by atoms with Crippen LogP contribution in [0.5, 0.6) is 0 Å². The zero-order valence-corrected chi connectivity index (χ0v) is 15.7. The van der Waals surface area contributed by atoms with Gasteiger partial charge >= 0.3 is 5.97 Å². The summed E-state index contributed by atoms with van der Waals surface area (Å²) in [6, 6.07) is 19.1. The van der Waals surface area contributed by atoms with E-state index < -0.39 is 7.14 Å². The summed E-state index contributed by atoms with van der Waals surface area (Å²) in [4.78, 5) is 11.2. The predicted molar refractivity (Wildman–Crippen MR) is 104 cm³/mol. The molecule has 0 aliphatic carbocycles. The quantitative estimate of drug-likeness (QED) is 0.403. The van der Waals surface area contributed by atoms with Crippen LogP contribution >= 0.6 is 7.14 Å². The van der Waals surface area contributed by atoms with Crippen molar-refractivity contribution in [1.82, 2.24) is 0 Å². The molecule has 0 aliphatic rings. The molecule has 0 aromatic heterocycles. The highest BCUT2D eigenvalue weighted by atomic mass is 31.2. The Morgan fingerprint density at radius 3 is 2.00 bits per heavy atom. The van der Waals surface area contributed by atoms with Gasteiger partial charge in [0.1, 0.15) is 13.2 Å². The Morgan fingerprint density at radius 1 is 1.04 bits per heavy atom. The number of carbonyl (C=O) groups is 1. The van der Waals surface area contributed by atoms with E-state index >= 15 is 0 Å². The molecule has 2 rings (SSSR count). The van der Waals surface area contributed by atoms with Crippen molar-refractivity contribution in [3.63, 3.8) is 0 Å². The van der Waals surface area contributed by atoms with Gasteiger partial charge < -0.3 is 9.30 Å². The van der Waals surface area contributed by atoms with Gasteiger partial charge in [0.25, 0.3) is 0 Å². The Bertz CT molecular complexity index is 695. The average molecular weight is 356 g/mol. The van der Waals surface area contributed by atoms with Gasteiger partial charge in [-0.3, -0.25) is 4.79 Å². The first-order valence-electron chi connectivity index (χ1n) is 8.60. The summed E-state index contributed by atoms with van der Waals surface area (Å²) >= 11 is 0. The van der Waals surface area contributed by atoms with Crippen LogP contribution in [0.4, 0.5) is 0 Å². The van der Waals surface area contributed by atoms with Gasteiger partial charge in [0, 0.05) is 23.7 Å². The maximum absolute atomic E-state index is 13.8. The maximum Gasteiger partial charge on any atom is 0.303 e. The number of hydrogen-bond donors (Lipinski definition) is 0. The molecular weight excluding hydrogens is 331 g/mol. The summed E-state index contributed by atoms with van der Waals surface area (Å²) in [7, 11) is -2.76. The van der Waals surface area contributed by atoms with Crippen LogP contribution in [0.15, 0.2) is 72.8 Å². The Hall–Kier alpha value is -2.12. The Labute approximate surface area is 150 Å². The second kappa shape index (κ2) is 9.39. The first-order valence-corrected chi connectivity index (χ1v) is 10.5. The number of esters is 1. The van der Waals surface area contributed by atoms with E-state index in [1.807, 2.05) is 79.7 Å².